The molecule has 0 atom stereocenters. The molecule has 0 bridgehead atoms. The Kier molecular flexibility index (Phi) is 5.49. The summed E-state index contributed by atoms with van der Waals surface area (Å²) in [7, 11) is 1.25. The van der Waals surface area contributed by atoms with Gasteiger partial charge in [-0.1, -0.05) is 6.07 Å². The van der Waals surface area contributed by atoms with Gasteiger partial charge in [0.1, 0.15) is 5.00 Å². The van der Waals surface area contributed by atoms with Gasteiger partial charge in [0.05, 0.1) is 18.2 Å². The molecule has 5 nitrogen and oxygen atoms in total. The summed E-state index contributed by atoms with van der Waals surface area (Å²) >= 11 is 1.23. The smallest absolute Gasteiger partial charge is 0.416 e. The van der Waals surface area contributed by atoms with E-state index < -0.39 is 29.2 Å². The van der Waals surface area contributed by atoms with Crippen LogP contribution in [0, 0.1) is 0 Å². The highest BCUT2D eigenvalue weighted by atomic mass is 32.1. The summed E-state index contributed by atoms with van der Waals surface area (Å²) in [5.74, 6) is -1.32. The fourth-order valence-electron chi connectivity index (χ4n) is 3.95. The first-order chi connectivity index (χ1) is 13.7. The lowest BCUT2D eigenvalue weighted by Gasteiger charge is -2.42. The van der Waals surface area contributed by atoms with Crippen molar-refractivity contribution in [1.82, 2.24) is 5.32 Å². The number of hydrogen-bond donors (Lipinski definition) is 2. The van der Waals surface area contributed by atoms with Gasteiger partial charge >= 0.3 is 12.1 Å². The topological polar surface area (TPSA) is 67.4 Å². The van der Waals surface area contributed by atoms with Gasteiger partial charge in [0, 0.05) is 21.5 Å². The molecule has 1 aliphatic heterocycles. The molecule has 2 N–H and O–H groups in total. The number of amides is 1. The predicted octanol–water partition coefficient (Wildman–Crippen LogP) is 4.97. The summed E-state index contributed by atoms with van der Waals surface area (Å²) in [5, 5.41) is 6.41. The molecule has 1 aromatic heterocycles. The summed E-state index contributed by atoms with van der Waals surface area (Å²) in [5.41, 5.74) is -0.808. The fourth-order valence-corrected chi connectivity index (χ4v) is 5.21. The van der Waals surface area contributed by atoms with E-state index in [0.29, 0.717) is 6.42 Å². The van der Waals surface area contributed by atoms with Crippen molar-refractivity contribution in [3.05, 3.63) is 51.4 Å². The SMILES string of the molecule is COC(=O)c1c(NC(=O)c2cccc(C(F)(F)F)c2)sc2c1CC(C)(C)NC2(C)C. The van der Waals surface area contributed by atoms with Crippen LogP contribution in [0.3, 0.4) is 0 Å². The van der Waals surface area contributed by atoms with Crippen LogP contribution in [0.4, 0.5) is 18.2 Å². The number of benzene rings is 1. The van der Waals surface area contributed by atoms with E-state index >= 15 is 0 Å². The van der Waals surface area contributed by atoms with Gasteiger partial charge in [-0.3, -0.25) is 4.79 Å². The van der Waals surface area contributed by atoms with Gasteiger partial charge in [-0.2, -0.15) is 13.2 Å². The zero-order valence-corrected chi connectivity index (χ0v) is 18.1. The minimum Gasteiger partial charge on any atom is -0.465 e. The molecule has 1 aromatic carbocycles. The van der Waals surface area contributed by atoms with Crippen molar-refractivity contribution in [3.63, 3.8) is 0 Å². The number of carbonyl (C=O) groups is 2. The lowest BCUT2D eigenvalue weighted by molar-refractivity contribution is -0.137. The van der Waals surface area contributed by atoms with E-state index in [-0.39, 0.29) is 21.7 Å². The Morgan fingerprint density at radius 3 is 2.47 bits per heavy atom. The molecule has 1 amide bonds. The number of esters is 1. The molecule has 0 radical (unpaired) electrons. The first-order valence-electron chi connectivity index (χ1n) is 9.27. The van der Waals surface area contributed by atoms with Gasteiger partial charge < -0.3 is 15.4 Å². The fraction of sp³-hybridized carbons (Fsp3) is 0.429. The standard InChI is InChI=1S/C21H23F3N2O3S/c1-19(2)10-13-14(18(28)29-5)17(30-15(13)20(3,4)26-19)25-16(27)11-7-6-8-12(9-11)21(22,23)24/h6-9,26H,10H2,1-5H3,(H,25,27). The Labute approximate surface area is 176 Å². The van der Waals surface area contributed by atoms with Gasteiger partial charge in [-0.05, 0) is 57.9 Å². The molecule has 2 aromatic rings. The number of carbonyl (C=O) groups excluding carboxylic acids is 2. The lowest BCUT2D eigenvalue weighted by Crippen LogP contribution is -2.55. The molecule has 3 rings (SSSR count). The van der Waals surface area contributed by atoms with E-state index in [1.165, 1.54) is 30.6 Å². The van der Waals surface area contributed by atoms with Crippen molar-refractivity contribution in [2.45, 2.75) is 51.4 Å². The first-order valence-corrected chi connectivity index (χ1v) is 10.1. The summed E-state index contributed by atoms with van der Waals surface area (Å²) in [6.07, 6.45) is -4.02. The molecule has 0 aliphatic carbocycles. The number of alkyl halides is 3. The van der Waals surface area contributed by atoms with E-state index in [9.17, 15) is 22.8 Å². The van der Waals surface area contributed by atoms with Crippen LogP contribution in [0.5, 0.6) is 0 Å². The number of hydrogen-bond acceptors (Lipinski definition) is 5. The van der Waals surface area contributed by atoms with Crippen molar-refractivity contribution in [2.24, 2.45) is 0 Å². The highest BCUT2D eigenvalue weighted by Gasteiger charge is 2.42. The number of ether oxygens (including phenoxy) is 1. The Morgan fingerprint density at radius 1 is 1.20 bits per heavy atom. The third kappa shape index (κ3) is 4.22. The molecule has 0 unspecified atom stereocenters. The van der Waals surface area contributed by atoms with Gasteiger partial charge in [-0.15, -0.1) is 11.3 Å². The summed E-state index contributed by atoms with van der Waals surface area (Å²) in [6, 6.07) is 4.16. The molecule has 1 aliphatic rings. The number of rotatable bonds is 3. The maximum absolute atomic E-state index is 13.0. The molecule has 9 heteroatoms. The van der Waals surface area contributed by atoms with Crippen LogP contribution in [-0.2, 0) is 22.9 Å². The van der Waals surface area contributed by atoms with Crippen molar-refractivity contribution >= 4 is 28.2 Å². The average molecular weight is 440 g/mol. The Hall–Kier alpha value is -2.39. The largest absolute Gasteiger partial charge is 0.465 e. The highest BCUT2D eigenvalue weighted by Crippen LogP contribution is 2.45. The van der Waals surface area contributed by atoms with Gasteiger partial charge in [-0.25, -0.2) is 4.79 Å². The van der Waals surface area contributed by atoms with E-state index in [1.807, 2.05) is 27.7 Å². The molecule has 0 spiro atoms. The molecule has 0 saturated carbocycles. The van der Waals surface area contributed by atoms with E-state index in [4.69, 9.17) is 4.74 Å². The quantitative estimate of drug-likeness (QED) is 0.662. The number of anilines is 1. The molecule has 0 fully saturated rings. The minimum atomic E-state index is -4.56. The number of thiophene rings is 1. The second-order valence-corrected chi connectivity index (χ2v) is 9.47. The maximum Gasteiger partial charge on any atom is 0.416 e. The lowest BCUT2D eigenvalue weighted by atomic mass is 9.81. The van der Waals surface area contributed by atoms with Crippen LogP contribution in [0.2, 0.25) is 0 Å². The van der Waals surface area contributed by atoms with Gasteiger partial charge in [0.25, 0.3) is 5.91 Å². The Balaban J connectivity index is 2.04. The van der Waals surface area contributed by atoms with Crippen LogP contribution in [-0.4, -0.2) is 24.5 Å². The van der Waals surface area contributed by atoms with Crippen LogP contribution in [0.25, 0.3) is 0 Å². The van der Waals surface area contributed by atoms with Crippen molar-refractivity contribution in [3.8, 4) is 0 Å². The van der Waals surface area contributed by atoms with Crippen molar-refractivity contribution in [1.29, 1.82) is 0 Å². The van der Waals surface area contributed by atoms with E-state index in [1.54, 1.807) is 0 Å². The normalized spacial score (nSPS) is 17.2. The number of methoxy groups -OCH3 is 1. The van der Waals surface area contributed by atoms with Crippen LogP contribution in [0.1, 0.15) is 64.4 Å². The average Bonchev–Trinajstić information content (AvgIpc) is 2.97. The maximum atomic E-state index is 13.0. The van der Waals surface area contributed by atoms with E-state index in [0.717, 1.165) is 22.6 Å². The molecular weight excluding hydrogens is 417 g/mol. The zero-order chi connectivity index (χ0) is 22.5. The van der Waals surface area contributed by atoms with E-state index in [2.05, 4.69) is 10.6 Å². The van der Waals surface area contributed by atoms with Crippen molar-refractivity contribution in [2.75, 3.05) is 12.4 Å². The molecule has 2 heterocycles. The van der Waals surface area contributed by atoms with Gasteiger partial charge in [0.2, 0.25) is 0 Å². The van der Waals surface area contributed by atoms with Gasteiger partial charge in [0.15, 0.2) is 0 Å². The molecule has 0 saturated heterocycles. The third-order valence-electron chi connectivity index (χ3n) is 4.91. The Bertz CT molecular complexity index is 1010. The minimum absolute atomic E-state index is 0.148. The number of fused-ring (bicyclic) bond motifs is 1. The second-order valence-electron chi connectivity index (χ2n) is 8.45. The summed E-state index contributed by atoms with van der Waals surface area (Å²) < 4.78 is 43.9. The summed E-state index contributed by atoms with van der Waals surface area (Å²) in [4.78, 5) is 26.2. The van der Waals surface area contributed by atoms with Crippen molar-refractivity contribution < 1.29 is 27.5 Å². The molecule has 162 valence electrons. The van der Waals surface area contributed by atoms with Crippen LogP contribution in [0.15, 0.2) is 24.3 Å². The molecule has 30 heavy (non-hydrogen) atoms. The first kappa shape index (κ1) is 22.3. The zero-order valence-electron chi connectivity index (χ0n) is 17.3. The monoisotopic (exact) mass is 440 g/mol. The summed E-state index contributed by atoms with van der Waals surface area (Å²) in [6.45, 7) is 7.97. The Morgan fingerprint density at radius 2 is 1.87 bits per heavy atom. The van der Waals surface area contributed by atoms with Crippen LogP contribution >= 0.6 is 11.3 Å². The number of nitrogens with one attached hydrogen (secondary N) is 2. The predicted molar refractivity (Wildman–Crippen MR) is 109 cm³/mol. The third-order valence-corrected chi connectivity index (χ3v) is 6.38. The highest BCUT2D eigenvalue weighted by molar-refractivity contribution is 7.17. The van der Waals surface area contributed by atoms with Crippen LogP contribution < -0.4 is 10.6 Å². The number of halogens is 3. The second kappa shape index (κ2) is 7.39. The molecular formula is C21H23F3N2O3S.